The van der Waals surface area contributed by atoms with Gasteiger partial charge in [0.05, 0.1) is 30.3 Å². The molecule has 4 rings (SSSR count). The predicted octanol–water partition coefficient (Wildman–Crippen LogP) is 6.52. The highest BCUT2D eigenvalue weighted by molar-refractivity contribution is 8.19. The number of thioether (sulfide) groups is 2. The summed E-state index contributed by atoms with van der Waals surface area (Å²) in [4.78, 5) is 17.2. The van der Waals surface area contributed by atoms with Crippen LogP contribution < -0.4 is 10.1 Å². The van der Waals surface area contributed by atoms with Crippen molar-refractivity contribution in [2.45, 2.75) is 20.4 Å². The van der Waals surface area contributed by atoms with Crippen LogP contribution in [0.5, 0.6) is 5.75 Å². The van der Waals surface area contributed by atoms with Gasteiger partial charge in [-0.3, -0.25) is 15.1 Å². The van der Waals surface area contributed by atoms with E-state index in [1.165, 1.54) is 28.4 Å². The summed E-state index contributed by atoms with van der Waals surface area (Å²) in [6.45, 7) is 5.30. The Labute approximate surface area is 233 Å². The van der Waals surface area contributed by atoms with E-state index in [1.807, 2.05) is 91.9 Å². The monoisotopic (exact) mass is 545 g/mol. The zero-order valence-corrected chi connectivity index (χ0v) is 23.5. The summed E-state index contributed by atoms with van der Waals surface area (Å²) in [5, 5.41) is 23.0. The lowest BCUT2D eigenvalue weighted by Gasteiger charge is -2.23. The third kappa shape index (κ3) is 7.57. The van der Waals surface area contributed by atoms with Gasteiger partial charge in [0.2, 0.25) is 0 Å². The van der Waals surface area contributed by atoms with Crippen molar-refractivity contribution in [1.29, 1.82) is 10.7 Å². The van der Waals surface area contributed by atoms with Crippen LogP contribution in [0.4, 0.5) is 5.69 Å². The molecule has 2 aliphatic rings. The second-order valence-electron chi connectivity index (χ2n) is 8.20. The number of methoxy groups -OCH3 is 1. The lowest BCUT2D eigenvalue weighted by molar-refractivity contribution is -0.122. The van der Waals surface area contributed by atoms with E-state index in [2.05, 4.69) is 11.4 Å². The van der Waals surface area contributed by atoms with Crippen LogP contribution in [-0.2, 0) is 11.3 Å². The lowest BCUT2D eigenvalue weighted by atomic mass is 10.2. The van der Waals surface area contributed by atoms with Crippen LogP contribution in [0.15, 0.2) is 93.9 Å². The van der Waals surface area contributed by atoms with Crippen molar-refractivity contribution >= 4 is 40.3 Å². The summed E-state index contributed by atoms with van der Waals surface area (Å²) in [5.74, 6) is 0.595. The highest BCUT2D eigenvalue weighted by Crippen LogP contribution is 2.40. The maximum atomic E-state index is 13.1. The van der Waals surface area contributed by atoms with Crippen molar-refractivity contribution in [3.05, 3.63) is 105 Å². The van der Waals surface area contributed by atoms with Gasteiger partial charge < -0.3 is 15.0 Å². The summed E-state index contributed by atoms with van der Waals surface area (Å²) >= 11 is 2.70. The van der Waals surface area contributed by atoms with Crippen LogP contribution in [0.3, 0.4) is 0 Å². The largest absolute Gasteiger partial charge is 0.497 e. The topological polar surface area (TPSA) is 92.4 Å². The van der Waals surface area contributed by atoms with Crippen molar-refractivity contribution < 1.29 is 9.53 Å². The molecule has 1 saturated heterocycles. The molecule has 196 valence electrons. The number of hydrogen-bond acceptors (Lipinski definition) is 8. The van der Waals surface area contributed by atoms with Crippen molar-refractivity contribution in [1.82, 2.24) is 9.80 Å². The molecule has 7 nitrogen and oxygen atoms in total. The first-order valence-electron chi connectivity index (χ1n) is 12.0. The molecule has 38 heavy (non-hydrogen) atoms. The van der Waals surface area contributed by atoms with Crippen LogP contribution in [-0.4, -0.2) is 41.6 Å². The van der Waals surface area contributed by atoms with Crippen LogP contribution in [0.2, 0.25) is 0 Å². The number of amides is 1. The molecule has 1 fully saturated rings. The summed E-state index contributed by atoms with van der Waals surface area (Å²) < 4.78 is 5.25. The van der Waals surface area contributed by atoms with E-state index in [0.717, 1.165) is 34.3 Å². The first-order chi connectivity index (χ1) is 18.4. The van der Waals surface area contributed by atoms with E-state index in [4.69, 9.17) is 15.4 Å². The van der Waals surface area contributed by atoms with Crippen molar-refractivity contribution in [2.24, 2.45) is 0 Å². The number of amidine groups is 1. The van der Waals surface area contributed by atoms with E-state index < -0.39 is 0 Å². The Bertz CT molecular complexity index is 1320. The summed E-state index contributed by atoms with van der Waals surface area (Å²) in [6, 6.07) is 17.1. The number of anilines is 1. The minimum atomic E-state index is -0.143. The fraction of sp³-hybridized carbons (Fsp3) is 0.207. The highest BCUT2D eigenvalue weighted by Gasteiger charge is 2.36. The van der Waals surface area contributed by atoms with Gasteiger partial charge in [-0.05, 0) is 79.1 Å². The number of nitrogens with one attached hydrogen (secondary N) is 2. The number of rotatable bonds is 5. The molecule has 0 bridgehead atoms. The standard InChI is InChI=1S/C20H21N3O2S2.C9H10N2/c1-14-8-5-4-6-11-26-19(22(14)2)17-18(24)23(20(21)27-17)13-15-9-7-10-16(12-15)25-3;1-2-11-9-5-3-8(7-10)4-6-9/h4-12,21H,13H2,1-3H3;3-6,11H,2H2,1H3/b5-4-,11-6+,14-8+,19-17-,21-20?;. The Morgan fingerprint density at radius 2 is 1.89 bits per heavy atom. The van der Waals surface area contributed by atoms with Gasteiger partial charge in [0, 0.05) is 25.0 Å². The molecule has 0 radical (unpaired) electrons. The molecule has 0 saturated carbocycles. The van der Waals surface area contributed by atoms with Crippen LogP contribution in [0.25, 0.3) is 0 Å². The average Bonchev–Trinajstić information content (AvgIpc) is 3.24. The van der Waals surface area contributed by atoms with Crippen molar-refractivity contribution in [2.75, 3.05) is 26.0 Å². The molecule has 2 aromatic carbocycles. The maximum Gasteiger partial charge on any atom is 0.269 e. The maximum absolute atomic E-state index is 13.1. The fourth-order valence-corrected chi connectivity index (χ4v) is 5.41. The number of benzene rings is 2. The van der Waals surface area contributed by atoms with Gasteiger partial charge in [-0.25, -0.2) is 0 Å². The Kier molecular flexibility index (Phi) is 10.7. The number of nitriles is 1. The Morgan fingerprint density at radius 1 is 1.13 bits per heavy atom. The zero-order valence-electron chi connectivity index (χ0n) is 21.9. The zero-order chi connectivity index (χ0) is 27.5. The Balaban J connectivity index is 0.000000304. The lowest BCUT2D eigenvalue weighted by Crippen LogP contribution is -2.28. The molecule has 9 heteroatoms. The van der Waals surface area contributed by atoms with Crippen LogP contribution in [0, 0.1) is 16.7 Å². The summed E-state index contributed by atoms with van der Waals surface area (Å²) in [5.41, 5.74) is 3.71. The smallest absolute Gasteiger partial charge is 0.269 e. The van der Waals surface area contributed by atoms with E-state index in [9.17, 15) is 4.79 Å². The second-order valence-corrected chi connectivity index (χ2v) is 10.1. The molecule has 1 amide bonds. The fourth-order valence-electron chi connectivity index (χ4n) is 3.47. The third-order valence-corrected chi connectivity index (χ3v) is 7.71. The number of carbonyl (C=O) groups is 1. The second kappa shape index (κ2) is 14.2. The molecular formula is C29H31N5O2S2. The molecule has 2 aliphatic heterocycles. The normalized spacial score (nSPS) is 20.1. The van der Waals surface area contributed by atoms with E-state index in [0.29, 0.717) is 17.0 Å². The van der Waals surface area contributed by atoms with Crippen LogP contribution in [0.1, 0.15) is 25.0 Å². The van der Waals surface area contributed by atoms with Gasteiger partial charge >= 0.3 is 0 Å². The van der Waals surface area contributed by atoms with Gasteiger partial charge in [-0.2, -0.15) is 5.26 Å². The first-order valence-corrected chi connectivity index (χ1v) is 13.7. The molecular weight excluding hydrogens is 514 g/mol. The number of allylic oxidation sites excluding steroid dienone is 5. The number of ether oxygens (including phenoxy) is 1. The Hall–Kier alpha value is -3.87. The molecule has 2 heterocycles. The highest BCUT2D eigenvalue weighted by atomic mass is 32.2. The number of nitrogens with zero attached hydrogens (tertiary/aromatic N) is 3. The van der Waals surface area contributed by atoms with E-state index >= 15 is 0 Å². The number of hydrogen-bond donors (Lipinski definition) is 2. The number of carbonyl (C=O) groups excluding carboxylic acids is 1. The minimum Gasteiger partial charge on any atom is -0.497 e. The first kappa shape index (κ1) is 28.7. The average molecular weight is 546 g/mol. The van der Waals surface area contributed by atoms with Gasteiger partial charge in [0.15, 0.2) is 5.17 Å². The molecule has 0 aliphatic carbocycles. The SMILES string of the molecule is CCNc1ccc(C#N)cc1.COc1cccc(CN2C(=N)S/C(=C3\S/C=C/C=C\C=C(/C)N3C)C2=O)c1. The van der Waals surface area contributed by atoms with Crippen molar-refractivity contribution in [3.63, 3.8) is 0 Å². The van der Waals surface area contributed by atoms with Gasteiger partial charge in [-0.1, -0.05) is 42.1 Å². The predicted molar refractivity (Wildman–Crippen MR) is 159 cm³/mol. The summed E-state index contributed by atoms with van der Waals surface area (Å²) in [7, 11) is 3.55. The molecule has 0 spiro atoms. The molecule has 0 unspecified atom stereocenters. The summed E-state index contributed by atoms with van der Waals surface area (Å²) in [6.07, 6.45) is 7.87. The van der Waals surface area contributed by atoms with Crippen molar-refractivity contribution in [3.8, 4) is 11.8 Å². The van der Waals surface area contributed by atoms with E-state index in [1.54, 1.807) is 19.2 Å². The van der Waals surface area contributed by atoms with Gasteiger partial charge in [0.1, 0.15) is 10.7 Å². The minimum absolute atomic E-state index is 0.143. The third-order valence-electron chi connectivity index (χ3n) is 5.60. The molecule has 0 atom stereocenters. The molecule has 2 aromatic rings. The van der Waals surface area contributed by atoms with Gasteiger partial charge in [-0.15, -0.1) is 0 Å². The van der Waals surface area contributed by atoms with E-state index in [-0.39, 0.29) is 11.1 Å². The van der Waals surface area contributed by atoms with Crippen LogP contribution >= 0.6 is 23.5 Å². The Morgan fingerprint density at radius 3 is 2.58 bits per heavy atom. The molecule has 2 N–H and O–H groups in total. The molecule has 0 aromatic heterocycles. The van der Waals surface area contributed by atoms with Gasteiger partial charge in [0.25, 0.3) is 5.91 Å². The quantitative estimate of drug-likeness (QED) is 0.413.